The van der Waals surface area contributed by atoms with Crippen LogP contribution in [0.5, 0.6) is 0 Å². The Morgan fingerprint density at radius 2 is 1.73 bits per heavy atom. The van der Waals surface area contributed by atoms with Crippen molar-refractivity contribution in [3.63, 3.8) is 0 Å². The van der Waals surface area contributed by atoms with Crippen molar-refractivity contribution in [2.24, 2.45) is 0 Å². The van der Waals surface area contributed by atoms with E-state index in [1.807, 2.05) is 85.1 Å². The number of aryl methyl sites for hydroxylation is 3. The molecule has 0 aliphatic rings. The fourth-order valence-corrected chi connectivity index (χ4v) is 4.46. The number of nitrogens with one attached hydrogen (secondary N) is 1. The van der Waals surface area contributed by atoms with Gasteiger partial charge in [0.2, 0.25) is 5.91 Å². The van der Waals surface area contributed by atoms with Crippen LogP contribution in [0.25, 0.3) is 17.1 Å². The summed E-state index contributed by atoms with van der Waals surface area (Å²) in [6.45, 7) is 6.14. The van der Waals surface area contributed by atoms with Crippen LogP contribution in [-0.2, 0) is 11.2 Å². The highest BCUT2D eigenvalue weighted by molar-refractivity contribution is 7.99. The number of para-hydroxylation sites is 1. The number of hydrogen-bond donors (Lipinski definition) is 1. The molecular weight excluding hydrogens is 452 g/mol. The van der Waals surface area contributed by atoms with E-state index < -0.39 is 0 Å². The number of amides is 1. The van der Waals surface area contributed by atoms with Crippen LogP contribution in [0.15, 0.2) is 71.9 Å². The van der Waals surface area contributed by atoms with Crippen LogP contribution in [0, 0.1) is 13.8 Å². The summed E-state index contributed by atoms with van der Waals surface area (Å²) >= 11 is 7.46. The first-order valence-electron chi connectivity index (χ1n) is 10.8. The molecule has 1 N–H and O–H groups in total. The Hall–Kier alpha value is -3.09. The molecule has 0 bridgehead atoms. The number of carbonyl (C=O) groups excluding carboxylic acids is 1. The molecule has 0 fully saturated rings. The van der Waals surface area contributed by atoms with E-state index in [0.717, 1.165) is 34.5 Å². The van der Waals surface area contributed by atoms with Crippen LogP contribution in [0.1, 0.15) is 23.6 Å². The van der Waals surface area contributed by atoms with Gasteiger partial charge in [-0.25, -0.2) is 0 Å². The Morgan fingerprint density at radius 1 is 1.00 bits per heavy atom. The number of nitrogens with zero attached hydrogens (tertiary/aromatic N) is 3. The zero-order chi connectivity index (χ0) is 23.4. The molecule has 5 nitrogen and oxygen atoms in total. The minimum absolute atomic E-state index is 0.0773. The number of aromatic nitrogens is 3. The third-order valence-corrected chi connectivity index (χ3v) is 6.55. The van der Waals surface area contributed by atoms with Crippen molar-refractivity contribution in [1.82, 2.24) is 14.8 Å². The van der Waals surface area contributed by atoms with Gasteiger partial charge < -0.3 is 5.32 Å². The van der Waals surface area contributed by atoms with Crippen LogP contribution in [-0.4, -0.2) is 26.4 Å². The predicted molar refractivity (Wildman–Crippen MR) is 136 cm³/mol. The number of anilines is 1. The Balaban J connectivity index is 1.61. The lowest BCUT2D eigenvalue weighted by molar-refractivity contribution is -0.113. The SMILES string of the molecule is CCc1cccc(C)c1NC(=O)CSc1nnc(-c2ccc(C)cc2)n1-c1ccc(Cl)cc1. The number of halogens is 1. The minimum Gasteiger partial charge on any atom is -0.325 e. The normalized spacial score (nSPS) is 10.9. The van der Waals surface area contributed by atoms with Crippen molar-refractivity contribution in [3.8, 4) is 17.1 Å². The summed E-state index contributed by atoms with van der Waals surface area (Å²) in [5.41, 5.74) is 6.08. The fraction of sp³-hybridized carbons (Fsp3) is 0.192. The first kappa shape index (κ1) is 23.1. The number of benzene rings is 3. The molecule has 4 aromatic rings. The van der Waals surface area contributed by atoms with Crippen molar-refractivity contribution in [1.29, 1.82) is 0 Å². The number of carbonyl (C=O) groups is 1. The molecule has 4 rings (SSSR count). The van der Waals surface area contributed by atoms with E-state index in [-0.39, 0.29) is 11.7 Å². The smallest absolute Gasteiger partial charge is 0.234 e. The monoisotopic (exact) mass is 476 g/mol. The van der Waals surface area contributed by atoms with E-state index in [0.29, 0.717) is 16.0 Å². The van der Waals surface area contributed by atoms with E-state index in [2.05, 4.69) is 22.4 Å². The first-order valence-corrected chi connectivity index (χ1v) is 12.1. The lowest BCUT2D eigenvalue weighted by atomic mass is 10.1. The highest BCUT2D eigenvalue weighted by atomic mass is 35.5. The van der Waals surface area contributed by atoms with E-state index in [1.165, 1.54) is 17.3 Å². The molecule has 1 aromatic heterocycles. The molecule has 0 radical (unpaired) electrons. The summed E-state index contributed by atoms with van der Waals surface area (Å²) in [6.07, 6.45) is 0.856. The van der Waals surface area contributed by atoms with Crippen LogP contribution >= 0.6 is 23.4 Å². The first-order chi connectivity index (χ1) is 16.0. The van der Waals surface area contributed by atoms with E-state index >= 15 is 0 Å². The van der Waals surface area contributed by atoms with Crippen molar-refractivity contribution >= 4 is 35.0 Å². The Kier molecular flexibility index (Phi) is 7.16. The molecule has 0 atom stereocenters. The van der Waals surface area contributed by atoms with Gasteiger partial charge in [-0.05, 0) is 55.7 Å². The molecule has 1 heterocycles. The van der Waals surface area contributed by atoms with Crippen LogP contribution in [0.2, 0.25) is 5.02 Å². The van der Waals surface area contributed by atoms with Gasteiger partial charge in [0, 0.05) is 22.0 Å². The maximum atomic E-state index is 12.8. The zero-order valence-corrected chi connectivity index (χ0v) is 20.4. The number of hydrogen-bond acceptors (Lipinski definition) is 4. The van der Waals surface area contributed by atoms with Gasteiger partial charge in [0.25, 0.3) is 0 Å². The van der Waals surface area contributed by atoms with E-state index in [1.54, 1.807) is 0 Å². The molecule has 0 aliphatic heterocycles. The van der Waals surface area contributed by atoms with Gasteiger partial charge in [0.1, 0.15) is 0 Å². The molecule has 0 spiro atoms. The highest BCUT2D eigenvalue weighted by Crippen LogP contribution is 2.29. The quantitative estimate of drug-likeness (QED) is 0.309. The molecule has 1 amide bonds. The molecule has 0 aliphatic carbocycles. The second-order valence-corrected chi connectivity index (χ2v) is 9.16. The van der Waals surface area contributed by atoms with Crippen molar-refractivity contribution in [2.75, 3.05) is 11.1 Å². The van der Waals surface area contributed by atoms with Crippen molar-refractivity contribution in [2.45, 2.75) is 32.3 Å². The second kappa shape index (κ2) is 10.2. The highest BCUT2D eigenvalue weighted by Gasteiger charge is 2.18. The average Bonchev–Trinajstić information content (AvgIpc) is 3.24. The third-order valence-electron chi connectivity index (χ3n) is 5.36. The molecule has 33 heavy (non-hydrogen) atoms. The maximum Gasteiger partial charge on any atom is 0.234 e. The third kappa shape index (κ3) is 5.29. The summed E-state index contributed by atoms with van der Waals surface area (Å²) in [6, 6.07) is 21.7. The largest absolute Gasteiger partial charge is 0.325 e. The van der Waals surface area contributed by atoms with Gasteiger partial charge in [0.05, 0.1) is 5.75 Å². The summed E-state index contributed by atoms with van der Waals surface area (Å²) in [5, 5.41) is 13.2. The van der Waals surface area contributed by atoms with Crippen LogP contribution < -0.4 is 5.32 Å². The summed E-state index contributed by atoms with van der Waals surface area (Å²) in [7, 11) is 0. The fourth-order valence-electron chi connectivity index (χ4n) is 3.58. The number of thioether (sulfide) groups is 1. The van der Waals surface area contributed by atoms with Gasteiger partial charge in [-0.3, -0.25) is 9.36 Å². The molecule has 0 unspecified atom stereocenters. The molecule has 3 aromatic carbocycles. The summed E-state index contributed by atoms with van der Waals surface area (Å²) in [4.78, 5) is 12.8. The Morgan fingerprint density at radius 3 is 2.42 bits per heavy atom. The van der Waals surface area contributed by atoms with Crippen LogP contribution in [0.4, 0.5) is 5.69 Å². The van der Waals surface area contributed by atoms with Crippen molar-refractivity contribution < 1.29 is 4.79 Å². The topological polar surface area (TPSA) is 59.8 Å². The Labute approximate surface area is 203 Å². The predicted octanol–water partition coefficient (Wildman–Crippen LogP) is 6.50. The molecular formula is C26H25ClN4OS. The van der Waals surface area contributed by atoms with E-state index in [9.17, 15) is 4.79 Å². The van der Waals surface area contributed by atoms with E-state index in [4.69, 9.17) is 11.6 Å². The van der Waals surface area contributed by atoms with Gasteiger partial charge in [-0.1, -0.05) is 78.3 Å². The average molecular weight is 477 g/mol. The summed E-state index contributed by atoms with van der Waals surface area (Å²) in [5.74, 6) is 0.857. The number of rotatable bonds is 7. The second-order valence-electron chi connectivity index (χ2n) is 7.78. The molecule has 0 saturated heterocycles. The van der Waals surface area contributed by atoms with Gasteiger partial charge in [-0.15, -0.1) is 10.2 Å². The van der Waals surface area contributed by atoms with Crippen molar-refractivity contribution in [3.05, 3.63) is 88.4 Å². The maximum absolute atomic E-state index is 12.8. The summed E-state index contributed by atoms with van der Waals surface area (Å²) < 4.78 is 1.96. The van der Waals surface area contributed by atoms with Gasteiger partial charge >= 0.3 is 0 Å². The van der Waals surface area contributed by atoms with Gasteiger partial charge in [-0.2, -0.15) is 0 Å². The standard InChI is InChI=1S/C26H25ClN4OS/c1-4-19-7-5-6-18(3)24(19)28-23(32)16-33-26-30-29-25(20-10-8-17(2)9-11-20)31(26)22-14-12-21(27)13-15-22/h5-15H,4,16H2,1-3H3,(H,28,32). The molecule has 168 valence electrons. The Bertz CT molecular complexity index is 1270. The van der Waals surface area contributed by atoms with Gasteiger partial charge in [0.15, 0.2) is 11.0 Å². The lowest BCUT2D eigenvalue weighted by Crippen LogP contribution is -2.16. The minimum atomic E-state index is -0.0773. The zero-order valence-electron chi connectivity index (χ0n) is 18.8. The lowest BCUT2D eigenvalue weighted by Gasteiger charge is -2.13. The van der Waals surface area contributed by atoms with Crippen LogP contribution in [0.3, 0.4) is 0 Å². The molecule has 0 saturated carbocycles. The molecule has 7 heteroatoms.